The molecule has 1 aliphatic carbocycles. The predicted molar refractivity (Wildman–Crippen MR) is 69.7 cm³/mol. The van der Waals surface area contributed by atoms with Crippen molar-refractivity contribution in [3.63, 3.8) is 0 Å². The fourth-order valence-corrected chi connectivity index (χ4v) is 2.33. The van der Waals surface area contributed by atoms with Crippen LogP contribution >= 0.6 is 0 Å². The molecule has 2 aromatic rings. The number of hydrogen-bond donors (Lipinski definition) is 0. The first-order chi connectivity index (χ1) is 8.74. The van der Waals surface area contributed by atoms with E-state index in [0.29, 0.717) is 11.6 Å². The molecule has 1 aromatic heterocycles. The van der Waals surface area contributed by atoms with E-state index < -0.39 is 0 Å². The smallest absolute Gasteiger partial charge is 0.212 e. The number of aryl methyl sites for hydroxylation is 1. The van der Waals surface area contributed by atoms with Gasteiger partial charge in [-0.2, -0.15) is 0 Å². The second-order valence-electron chi connectivity index (χ2n) is 5.00. The van der Waals surface area contributed by atoms with E-state index in [1.165, 1.54) is 24.8 Å². The number of hydrogen-bond acceptors (Lipinski definition) is 2. The van der Waals surface area contributed by atoms with E-state index in [9.17, 15) is 4.79 Å². The molecule has 1 aromatic carbocycles. The predicted octanol–water partition coefficient (Wildman–Crippen LogP) is 2.92. The number of rotatable bonds is 3. The summed E-state index contributed by atoms with van der Waals surface area (Å²) in [5, 5.41) is 0. The van der Waals surface area contributed by atoms with Gasteiger partial charge in [-0.15, -0.1) is 0 Å². The molecule has 3 rings (SSSR count). The Morgan fingerprint density at radius 3 is 2.50 bits per heavy atom. The molecule has 18 heavy (non-hydrogen) atoms. The standard InChI is InChI=1S/C15H16N2O/c1-17-9-14(16-10-17)15(18)13-7-5-12(6-8-13)11-3-2-4-11/h5-11H,2-4H2,1H3. The van der Waals surface area contributed by atoms with Crippen molar-refractivity contribution in [2.75, 3.05) is 0 Å². The Morgan fingerprint density at radius 1 is 1.28 bits per heavy atom. The summed E-state index contributed by atoms with van der Waals surface area (Å²) in [5.41, 5.74) is 2.59. The minimum Gasteiger partial charge on any atom is -0.340 e. The summed E-state index contributed by atoms with van der Waals surface area (Å²) >= 11 is 0. The fraction of sp³-hybridized carbons (Fsp3) is 0.333. The highest BCUT2D eigenvalue weighted by Gasteiger charge is 2.19. The highest BCUT2D eigenvalue weighted by atomic mass is 16.1. The van der Waals surface area contributed by atoms with E-state index in [1.54, 1.807) is 17.1 Å². The molecule has 1 fully saturated rings. The van der Waals surface area contributed by atoms with Crippen LogP contribution in [0.25, 0.3) is 0 Å². The van der Waals surface area contributed by atoms with Crippen LogP contribution < -0.4 is 0 Å². The second-order valence-corrected chi connectivity index (χ2v) is 5.00. The molecular weight excluding hydrogens is 224 g/mol. The Kier molecular flexibility index (Phi) is 2.74. The maximum absolute atomic E-state index is 12.1. The molecule has 1 aliphatic rings. The molecule has 0 atom stereocenters. The van der Waals surface area contributed by atoms with Crippen LogP contribution in [0.5, 0.6) is 0 Å². The van der Waals surface area contributed by atoms with Gasteiger partial charge < -0.3 is 4.57 Å². The van der Waals surface area contributed by atoms with E-state index in [-0.39, 0.29) is 5.78 Å². The Morgan fingerprint density at radius 2 is 2.00 bits per heavy atom. The van der Waals surface area contributed by atoms with Crippen molar-refractivity contribution in [1.29, 1.82) is 0 Å². The van der Waals surface area contributed by atoms with Crippen molar-refractivity contribution in [3.8, 4) is 0 Å². The van der Waals surface area contributed by atoms with E-state index in [0.717, 1.165) is 5.56 Å². The lowest BCUT2D eigenvalue weighted by Gasteiger charge is -2.25. The molecule has 3 heteroatoms. The van der Waals surface area contributed by atoms with Crippen LogP contribution in [0.4, 0.5) is 0 Å². The summed E-state index contributed by atoms with van der Waals surface area (Å²) in [4.78, 5) is 16.2. The summed E-state index contributed by atoms with van der Waals surface area (Å²) in [6.07, 6.45) is 7.30. The first-order valence-corrected chi connectivity index (χ1v) is 6.36. The molecule has 0 aliphatic heterocycles. The Labute approximate surface area is 106 Å². The van der Waals surface area contributed by atoms with Gasteiger partial charge in [-0.3, -0.25) is 4.79 Å². The fourth-order valence-electron chi connectivity index (χ4n) is 2.33. The van der Waals surface area contributed by atoms with Crippen molar-refractivity contribution < 1.29 is 4.79 Å². The third kappa shape index (κ3) is 1.96. The van der Waals surface area contributed by atoms with Crippen molar-refractivity contribution in [1.82, 2.24) is 9.55 Å². The molecule has 0 N–H and O–H groups in total. The minimum atomic E-state index is -0.00393. The topological polar surface area (TPSA) is 34.9 Å². The van der Waals surface area contributed by atoms with Gasteiger partial charge in [-0.25, -0.2) is 4.98 Å². The summed E-state index contributed by atoms with van der Waals surface area (Å²) in [7, 11) is 1.86. The molecule has 3 nitrogen and oxygen atoms in total. The highest BCUT2D eigenvalue weighted by Crippen LogP contribution is 2.36. The molecule has 0 spiro atoms. The third-order valence-corrected chi connectivity index (χ3v) is 3.69. The average Bonchev–Trinajstić information content (AvgIpc) is 2.74. The van der Waals surface area contributed by atoms with Crippen molar-refractivity contribution in [3.05, 3.63) is 53.6 Å². The van der Waals surface area contributed by atoms with Crippen LogP contribution in [0.3, 0.4) is 0 Å². The Bertz CT molecular complexity index is 564. The van der Waals surface area contributed by atoms with Gasteiger partial charge in [-0.05, 0) is 24.3 Å². The third-order valence-electron chi connectivity index (χ3n) is 3.69. The number of nitrogens with zero attached hydrogens (tertiary/aromatic N) is 2. The zero-order chi connectivity index (χ0) is 12.5. The molecule has 0 amide bonds. The summed E-state index contributed by atoms with van der Waals surface area (Å²) < 4.78 is 1.79. The van der Waals surface area contributed by atoms with Gasteiger partial charge in [0.25, 0.3) is 0 Å². The van der Waals surface area contributed by atoms with E-state index >= 15 is 0 Å². The van der Waals surface area contributed by atoms with Gasteiger partial charge >= 0.3 is 0 Å². The zero-order valence-electron chi connectivity index (χ0n) is 10.5. The van der Waals surface area contributed by atoms with Crippen molar-refractivity contribution in [2.24, 2.45) is 7.05 Å². The first-order valence-electron chi connectivity index (χ1n) is 6.36. The number of carbonyl (C=O) groups excluding carboxylic acids is 1. The molecule has 1 saturated carbocycles. The maximum Gasteiger partial charge on any atom is 0.212 e. The van der Waals surface area contributed by atoms with Gasteiger partial charge in [0.05, 0.1) is 6.33 Å². The van der Waals surface area contributed by atoms with E-state index in [4.69, 9.17) is 0 Å². The zero-order valence-corrected chi connectivity index (χ0v) is 10.5. The van der Waals surface area contributed by atoms with Gasteiger partial charge in [0.2, 0.25) is 5.78 Å². The van der Waals surface area contributed by atoms with Crippen LogP contribution in [-0.4, -0.2) is 15.3 Å². The van der Waals surface area contributed by atoms with Gasteiger partial charge in [0, 0.05) is 18.8 Å². The Balaban J connectivity index is 1.81. The molecule has 0 bridgehead atoms. The largest absolute Gasteiger partial charge is 0.340 e. The SMILES string of the molecule is Cn1cnc(C(=O)c2ccc(C3CCC3)cc2)c1. The number of aromatic nitrogens is 2. The number of ketones is 1. The number of imidazole rings is 1. The average molecular weight is 240 g/mol. The summed E-state index contributed by atoms with van der Waals surface area (Å²) in [6, 6.07) is 8.01. The number of carbonyl (C=O) groups is 1. The monoisotopic (exact) mass is 240 g/mol. The van der Waals surface area contributed by atoms with Crippen LogP contribution in [0.1, 0.15) is 46.8 Å². The first kappa shape index (κ1) is 11.2. The van der Waals surface area contributed by atoms with Crippen molar-refractivity contribution in [2.45, 2.75) is 25.2 Å². The Hall–Kier alpha value is -1.90. The summed E-state index contributed by atoms with van der Waals surface area (Å²) in [5.74, 6) is 0.708. The normalized spacial score (nSPS) is 15.4. The van der Waals surface area contributed by atoms with Crippen LogP contribution in [0.15, 0.2) is 36.8 Å². The maximum atomic E-state index is 12.1. The lowest BCUT2D eigenvalue weighted by Crippen LogP contribution is -2.09. The lowest BCUT2D eigenvalue weighted by molar-refractivity contribution is 0.103. The quantitative estimate of drug-likeness (QED) is 0.773. The van der Waals surface area contributed by atoms with Gasteiger partial charge in [0.1, 0.15) is 5.69 Å². The molecule has 0 radical (unpaired) electrons. The molecule has 92 valence electrons. The van der Waals surface area contributed by atoms with E-state index in [1.807, 2.05) is 19.2 Å². The summed E-state index contributed by atoms with van der Waals surface area (Å²) in [6.45, 7) is 0. The van der Waals surface area contributed by atoms with E-state index in [2.05, 4.69) is 17.1 Å². The minimum absolute atomic E-state index is 0.00393. The second kappa shape index (κ2) is 4.41. The van der Waals surface area contributed by atoms with Crippen LogP contribution in [0.2, 0.25) is 0 Å². The molecule has 0 saturated heterocycles. The van der Waals surface area contributed by atoms with Crippen LogP contribution in [0, 0.1) is 0 Å². The molecule has 1 heterocycles. The highest BCUT2D eigenvalue weighted by molar-refractivity contribution is 6.07. The molecular formula is C15H16N2O. The van der Waals surface area contributed by atoms with Crippen molar-refractivity contribution >= 4 is 5.78 Å². The number of benzene rings is 1. The van der Waals surface area contributed by atoms with Crippen LogP contribution in [-0.2, 0) is 7.05 Å². The lowest BCUT2D eigenvalue weighted by atomic mass is 9.80. The van der Waals surface area contributed by atoms with Gasteiger partial charge in [-0.1, -0.05) is 30.7 Å². The van der Waals surface area contributed by atoms with Gasteiger partial charge in [0.15, 0.2) is 0 Å². The molecule has 0 unspecified atom stereocenters.